The first-order valence-corrected chi connectivity index (χ1v) is 6.92. The van der Waals surface area contributed by atoms with Crippen molar-refractivity contribution in [3.05, 3.63) is 57.8 Å². The third-order valence-corrected chi connectivity index (χ3v) is 3.82. The van der Waals surface area contributed by atoms with Crippen molar-refractivity contribution in [3.8, 4) is 0 Å². The Kier molecular flexibility index (Phi) is 4.63. The van der Waals surface area contributed by atoms with Gasteiger partial charge in [-0.1, -0.05) is 0 Å². The lowest BCUT2D eigenvalue weighted by atomic mass is 10.0. The van der Waals surface area contributed by atoms with Crippen molar-refractivity contribution in [2.45, 2.75) is 12.6 Å². The highest BCUT2D eigenvalue weighted by Crippen LogP contribution is 2.24. The van der Waals surface area contributed by atoms with Crippen LogP contribution in [0.4, 0.5) is 8.78 Å². The number of benzene rings is 1. The smallest absolute Gasteiger partial charge is 0.128 e. The molecule has 102 valence electrons. The zero-order valence-corrected chi connectivity index (χ0v) is 11.5. The molecule has 0 amide bonds. The van der Waals surface area contributed by atoms with E-state index in [1.54, 1.807) is 11.3 Å². The van der Waals surface area contributed by atoms with Crippen LogP contribution < -0.4 is 5.73 Å². The van der Waals surface area contributed by atoms with E-state index in [9.17, 15) is 8.78 Å². The SMILES string of the molecule is CN(Cc1ccsc1)C(CN)c1cc(F)ccc1F. The summed E-state index contributed by atoms with van der Waals surface area (Å²) < 4.78 is 27.1. The van der Waals surface area contributed by atoms with Gasteiger partial charge in [0.2, 0.25) is 0 Å². The maximum atomic E-state index is 13.8. The first-order valence-electron chi connectivity index (χ1n) is 5.98. The zero-order valence-electron chi connectivity index (χ0n) is 10.6. The van der Waals surface area contributed by atoms with Crippen LogP contribution in [0.1, 0.15) is 17.2 Å². The minimum atomic E-state index is -0.446. The third kappa shape index (κ3) is 3.37. The Labute approximate surface area is 115 Å². The predicted molar refractivity (Wildman–Crippen MR) is 73.9 cm³/mol. The largest absolute Gasteiger partial charge is 0.329 e. The minimum Gasteiger partial charge on any atom is -0.329 e. The van der Waals surface area contributed by atoms with E-state index in [0.717, 1.165) is 17.7 Å². The van der Waals surface area contributed by atoms with Crippen molar-refractivity contribution >= 4 is 11.3 Å². The van der Waals surface area contributed by atoms with E-state index in [2.05, 4.69) is 0 Å². The van der Waals surface area contributed by atoms with Gasteiger partial charge in [0.25, 0.3) is 0 Å². The van der Waals surface area contributed by atoms with E-state index >= 15 is 0 Å². The number of hydrogen-bond donors (Lipinski definition) is 1. The van der Waals surface area contributed by atoms with Gasteiger partial charge in [-0.05, 0) is 47.6 Å². The van der Waals surface area contributed by atoms with Crippen molar-refractivity contribution in [1.29, 1.82) is 0 Å². The van der Waals surface area contributed by atoms with Gasteiger partial charge in [0.05, 0.1) is 6.04 Å². The first-order chi connectivity index (χ1) is 9.11. The van der Waals surface area contributed by atoms with Gasteiger partial charge >= 0.3 is 0 Å². The van der Waals surface area contributed by atoms with Crippen LogP contribution >= 0.6 is 11.3 Å². The Balaban J connectivity index is 2.21. The predicted octanol–water partition coefficient (Wildman–Crippen LogP) is 3.16. The van der Waals surface area contributed by atoms with Crippen LogP contribution in [0.3, 0.4) is 0 Å². The molecule has 1 heterocycles. The number of nitrogens with zero attached hydrogens (tertiary/aromatic N) is 1. The number of nitrogens with two attached hydrogens (primary N) is 1. The average Bonchev–Trinajstić information content (AvgIpc) is 2.87. The Morgan fingerprint density at radius 1 is 1.32 bits per heavy atom. The third-order valence-electron chi connectivity index (χ3n) is 3.08. The van der Waals surface area contributed by atoms with E-state index in [-0.39, 0.29) is 12.6 Å². The van der Waals surface area contributed by atoms with E-state index < -0.39 is 11.6 Å². The standard InChI is InChI=1S/C14H16F2N2S/c1-18(8-10-4-5-19-9-10)14(7-17)12-6-11(15)2-3-13(12)16/h2-6,9,14H,7-8,17H2,1H3. The maximum Gasteiger partial charge on any atom is 0.128 e. The summed E-state index contributed by atoms with van der Waals surface area (Å²) in [6.45, 7) is 0.891. The second-order valence-electron chi connectivity index (χ2n) is 4.46. The average molecular weight is 282 g/mol. The van der Waals surface area contributed by atoms with Crippen LogP contribution in [0.15, 0.2) is 35.0 Å². The summed E-state index contributed by atoms with van der Waals surface area (Å²) in [6, 6.07) is 5.15. The lowest BCUT2D eigenvalue weighted by Gasteiger charge is -2.27. The van der Waals surface area contributed by atoms with Gasteiger partial charge in [0.1, 0.15) is 11.6 Å². The molecule has 5 heteroatoms. The summed E-state index contributed by atoms with van der Waals surface area (Å²) >= 11 is 1.61. The molecule has 0 fully saturated rings. The molecule has 2 aromatic rings. The first kappa shape index (κ1) is 14.1. The van der Waals surface area contributed by atoms with Crippen LogP contribution in [0, 0.1) is 11.6 Å². The van der Waals surface area contributed by atoms with Crippen LogP contribution in [0.5, 0.6) is 0 Å². The normalized spacial score (nSPS) is 12.9. The van der Waals surface area contributed by atoms with Crippen LogP contribution in [0.25, 0.3) is 0 Å². The molecule has 2 rings (SSSR count). The Bertz CT molecular complexity index is 528. The van der Waals surface area contributed by atoms with E-state index in [1.165, 1.54) is 6.07 Å². The van der Waals surface area contributed by atoms with Crippen LogP contribution in [-0.2, 0) is 6.54 Å². The molecule has 0 radical (unpaired) electrons. The van der Waals surface area contributed by atoms with Crippen molar-refractivity contribution < 1.29 is 8.78 Å². The summed E-state index contributed by atoms with van der Waals surface area (Å²) in [7, 11) is 1.86. The lowest BCUT2D eigenvalue weighted by molar-refractivity contribution is 0.236. The highest BCUT2D eigenvalue weighted by Gasteiger charge is 2.20. The molecule has 0 spiro atoms. The van der Waals surface area contributed by atoms with Crippen molar-refractivity contribution in [2.75, 3.05) is 13.6 Å². The molecule has 2 nitrogen and oxygen atoms in total. The van der Waals surface area contributed by atoms with Crippen molar-refractivity contribution in [1.82, 2.24) is 4.90 Å². The number of thiophene rings is 1. The molecule has 0 aliphatic rings. The summed E-state index contributed by atoms with van der Waals surface area (Å²) in [5.41, 5.74) is 7.17. The highest BCUT2D eigenvalue weighted by atomic mass is 32.1. The summed E-state index contributed by atoms with van der Waals surface area (Å²) in [6.07, 6.45) is 0. The Hall–Kier alpha value is -1.30. The number of rotatable bonds is 5. The highest BCUT2D eigenvalue weighted by molar-refractivity contribution is 7.07. The molecule has 0 aliphatic heterocycles. The fraction of sp³-hybridized carbons (Fsp3) is 0.286. The molecule has 0 saturated heterocycles. The molecular formula is C14H16F2N2S. The molecule has 0 saturated carbocycles. The molecule has 1 atom stereocenters. The van der Waals surface area contributed by atoms with Gasteiger partial charge < -0.3 is 5.73 Å². The monoisotopic (exact) mass is 282 g/mol. The van der Waals surface area contributed by atoms with Crippen LogP contribution in [-0.4, -0.2) is 18.5 Å². The van der Waals surface area contributed by atoms with Gasteiger partial charge in [-0.2, -0.15) is 11.3 Å². The van der Waals surface area contributed by atoms with E-state index in [1.807, 2.05) is 28.8 Å². The van der Waals surface area contributed by atoms with E-state index in [0.29, 0.717) is 12.1 Å². The molecular weight excluding hydrogens is 266 g/mol. The zero-order chi connectivity index (χ0) is 13.8. The quantitative estimate of drug-likeness (QED) is 0.912. The molecule has 1 unspecified atom stereocenters. The minimum absolute atomic E-state index is 0.237. The maximum absolute atomic E-state index is 13.8. The number of hydrogen-bond acceptors (Lipinski definition) is 3. The lowest BCUT2D eigenvalue weighted by Crippen LogP contribution is -2.30. The topological polar surface area (TPSA) is 29.3 Å². The molecule has 0 aliphatic carbocycles. The Morgan fingerprint density at radius 3 is 2.74 bits per heavy atom. The summed E-state index contributed by atoms with van der Waals surface area (Å²) in [5.74, 6) is -0.868. The molecule has 1 aromatic heterocycles. The van der Waals surface area contributed by atoms with Crippen molar-refractivity contribution in [3.63, 3.8) is 0 Å². The molecule has 19 heavy (non-hydrogen) atoms. The Morgan fingerprint density at radius 2 is 2.11 bits per heavy atom. The molecule has 1 aromatic carbocycles. The summed E-state index contributed by atoms with van der Waals surface area (Å²) in [4.78, 5) is 1.93. The fourth-order valence-electron chi connectivity index (χ4n) is 2.10. The second-order valence-corrected chi connectivity index (χ2v) is 5.24. The van der Waals surface area contributed by atoms with Gasteiger partial charge in [-0.3, -0.25) is 4.90 Å². The number of halogens is 2. The van der Waals surface area contributed by atoms with Gasteiger partial charge in [0, 0.05) is 18.7 Å². The van der Waals surface area contributed by atoms with Crippen LogP contribution in [0.2, 0.25) is 0 Å². The van der Waals surface area contributed by atoms with Gasteiger partial charge in [-0.15, -0.1) is 0 Å². The van der Waals surface area contributed by atoms with Gasteiger partial charge in [0.15, 0.2) is 0 Å². The van der Waals surface area contributed by atoms with E-state index in [4.69, 9.17) is 5.73 Å². The molecule has 2 N–H and O–H groups in total. The second kappa shape index (κ2) is 6.23. The van der Waals surface area contributed by atoms with Crippen molar-refractivity contribution in [2.24, 2.45) is 5.73 Å². The fourth-order valence-corrected chi connectivity index (χ4v) is 2.75. The molecule has 0 bridgehead atoms. The summed E-state index contributed by atoms with van der Waals surface area (Å²) in [5, 5.41) is 4.02. The van der Waals surface area contributed by atoms with Gasteiger partial charge in [-0.25, -0.2) is 8.78 Å². The number of likely N-dealkylation sites (N-methyl/N-ethyl adjacent to an activating group) is 1.